The van der Waals surface area contributed by atoms with Crippen LogP contribution < -0.4 is 10.0 Å². The summed E-state index contributed by atoms with van der Waals surface area (Å²) in [6.07, 6.45) is 0. The van der Waals surface area contributed by atoms with Crippen molar-refractivity contribution in [3.8, 4) is 0 Å². The first-order chi connectivity index (χ1) is 13.2. The zero-order valence-electron chi connectivity index (χ0n) is 16.0. The normalized spacial score (nSPS) is 11.1. The van der Waals surface area contributed by atoms with Crippen molar-refractivity contribution < 1.29 is 13.2 Å². The van der Waals surface area contributed by atoms with Crippen molar-refractivity contribution in [2.24, 2.45) is 0 Å². The van der Waals surface area contributed by atoms with Crippen molar-refractivity contribution >= 4 is 27.3 Å². The Morgan fingerprint density at radius 2 is 1.29 bits per heavy atom. The van der Waals surface area contributed by atoms with Crippen LogP contribution in [0.5, 0.6) is 0 Å². The summed E-state index contributed by atoms with van der Waals surface area (Å²) in [5.74, 6) is -0.296. The van der Waals surface area contributed by atoms with Crippen LogP contribution >= 0.6 is 0 Å². The van der Waals surface area contributed by atoms with Gasteiger partial charge in [-0.1, -0.05) is 23.8 Å². The van der Waals surface area contributed by atoms with E-state index in [-0.39, 0.29) is 10.8 Å². The molecule has 0 spiro atoms. The first-order valence-electron chi connectivity index (χ1n) is 8.82. The van der Waals surface area contributed by atoms with Crippen LogP contribution in [0.1, 0.15) is 27.0 Å². The maximum Gasteiger partial charge on any atom is 0.261 e. The zero-order valence-corrected chi connectivity index (χ0v) is 16.8. The van der Waals surface area contributed by atoms with Gasteiger partial charge >= 0.3 is 0 Å². The molecule has 0 aliphatic rings. The smallest absolute Gasteiger partial charge is 0.261 e. The van der Waals surface area contributed by atoms with Gasteiger partial charge in [0.15, 0.2) is 0 Å². The van der Waals surface area contributed by atoms with E-state index in [1.54, 1.807) is 12.1 Å². The predicted octanol–water partition coefficient (Wildman–Crippen LogP) is 4.66. The molecule has 0 aromatic heterocycles. The van der Waals surface area contributed by atoms with Gasteiger partial charge in [0, 0.05) is 16.9 Å². The van der Waals surface area contributed by atoms with Gasteiger partial charge < -0.3 is 5.32 Å². The topological polar surface area (TPSA) is 75.3 Å². The van der Waals surface area contributed by atoms with E-state index < -0.39 is 10.0 Å². The van der Waals surface area contributed by atoms with E-state index in [1.807, 2.05) is 51.1 Å². The summed E-state index contributed by atoms with van der Waals surface area (Å²) in [5, 5.41) is 2.79. The molecule has 0 heterocycles. The fourth-order valence-corrected chi connectivity index (χ4v) is 3.91. The second kappa shape index (κ2) is 7.86. The molecule has 144 valence electrons. The molecule has 2 N–H and O–H groups in total. The molecule has 6 heteroatoms. The average molecular weight is 394 g/mol. The number of hydrogen-bond acceptors (Lipinski definition) is 3. The Labute approximate surface area is 165 Å². The van der Waals surface area contributed by atoms with Crippen LogP contribution in [0.4, 0.5) is 11.4 Å². The molecule has 5 nitrogen and oxygen atoms in total. The number of aryl methyl sites for hydroxylation is 3. The molecular weight excluding hydrogens is 372 g/mol. The molecule has 0 saturated carbocycles. The third kappa shape index (κ3) is 4.78. The molecule has 0 radical (unpaired) electrons. The number of sulfonamides is 1. The number of carbonyl (C=O) groups is 1. The summed E-state index contributed by atoms with van der Waals surface area (Å²) < 4.78 is 27.8. The predicted molar refractivity (Wildman–Crippen MR) is 112 cm³/mol. The molecule has 0 saturated heterocycles. The van der Waals surface area contributed by atoms with Crippen LogP contribution in [0.25, 0.3) is 0 Å². The Bertz CT molecular complexity index is 1080. The standard InChI is InChI=1S/C22H22N2O3S/c1-15-4-8-19(9-5-15)23-22(25)18-6-10-21(11-7-18)28(26,27)24-20-13-16(2)12-17(3)14-20/h4-14,24H,1-3H3,(H,23,25). The molecule has 0 aliphatic heterocycles. The lowest BCUT2D eigenvalue weighted by molar-refractivity contribution is 0.102. The van der Waals surface area contributed by atoms with Crippen LogP contribution in [-0.4, -0.2) is 14.3 Å². The SMILES string of the molecule is Cc1ccc(NC(=O)c2ccc(S(=O)(=O)Nc3cc(C)cc(C)c3)cc2)cc1. The van der Waals surface area contributed by atoms with E-state index in [9.17, 15) is 13.2 Å². The van der Waals surface area contributed by atoms with Crippen molar-refractivity contribution in [3.05, 3.63) is 89.0 Å². The summed E-state index contributed by atoms with van der Waals surface area (Å²) >= 11 is 0. The minimum absolute atomic E-state index is 0.0959. The number of rotatable bonds is 5. The highest BCUT2D eigenvalue weighted by molar-refractivity contribution is 7.92. The van der Waals surface area contributed by atoms with Crippen LogP contribution in [0.3, 0.4) is 0 Å². The monoisotopic (exact) mass is 394 g/mol. The Hall–Kier alpha value is -3.12. The average Bonchev–Trinajstić information content (AvgIpc) is 2.62. The van der Waals surface area contributed by atoms with Gasteiger partial charge in [0.2, 0.25) is 0 Å². The van der Waals surface area contributed by atoms with Gasteiger partial charge in [-0.3, -0.25) is 9.52 Å². The summed E-state index contributed by atoms with van der Waals surface area (Å²) in [7, 11) is -3.73. The molecule has 0 aliphatic carbocycles. The molecule has 1 amide bonds. The Kier molecular flexibility index (Phi) is 5.51. The lowest BCUT2D eigenvalue weighted by atomic mass is 10.1. The number of anilines is 2. The fraction of sp³-hybridized carbons (Fsp3) is 0.136. The van der Waals surface area contributed by atoms with Crippen LogP contribution in [-0.2, 0) is 10.0 Å². The van der Waals surface area contributed by atoms with E-state index in [2.05, 4.69) is 10.0 Å². The Morgan fingerprint density at radius 1 is 0.714 bits per heavy atom. The molecule has 0 unspecified atom stereocenters. The fourth-order valence-electron chi connectivity index (χ4n) is 2.87. The van der Waals surface area contributed by atoms with Gasteiger partial charge in [-0.15, -0.1) is 0 Å². The third-order valence-corrected chi connectivity index (χ3v) is 5.61. The molecule has 3 aromatic rings. The van der Waals surface area contributed by atoms with Crippen molar-refractivity contribution in [3.63, 3.8) is 0 Å². The highest BCUT2D eigenvalue weighted by Gasteiger charge is 2.16. The molecule has 0 atom stereocenters. The zero-order chi connectivity index (χ0) is 20.3. The summed E-state index contributed by atoms with van der Waals surface area (Å²) in [5.41, 5.74) is 4.62. The summed E-state index contributed by atoms with van der Waals surface area (Å²) in [6, 6.07) is 18.8. The highest BCUT2D eigenvalue weighted by Crippen LogP contribution is 2.20. The lowest BCUT2D eigenvalue weighted by Crippen LogP contribution is -2.15. The van der Waals surface area contributed by atoms with Crippen molar-refractivity contribution in [1.82, 2.24) is 0 Å². The first-order valence-corrected chi connectivity index (χ1v) is 10.3. The largest absolute Gasteiger partial charge is 0.322 e. The van der Waals surface area contributed by atoms with Crippen LogP contribution in [0.15, 0.2) is 71.6 Å². The molecule has 3 rings (SSSR count). The molecule has 28 heavy (non-hydrogen) atoms. The maximum atomic E-state index is 12.6. The minimum atomic E-state index is -3.73. The maximum absolute atomic E-state index is 12.6. The summed E-state index contributed by atoms with van der Waals surface area (Å²) in [6.45, 7) is 5.79. The lowest BCUT2D eigenvalue weighted by Gasteiger charge is -2.11. The van der Waals surface area contributed by atoms with E-state index in [1.165, 1.54) is 24.3 Å². The number of carbonyl (C=O) groups excluding carboxylic acids is 1. The van der Waals surface area contributed by atoms with Gasteiger partial charge in [0.25, 0.3) is 15.9 Å². The van der Waals surface area contributed by atoms with Crippen LogP contribution in [0.2, 0.25) is 0 Å². The second-order valence-electron chi connectivity index (χ2n) is 6.83. The van der Waals surface area contributed by atoms with Crippen molar-refractivity contribution in [2.75, 3.05) is 10.0 Å². The number of hydrogen-bond donors (Lipinski definition) is 2. The van der Waals surface area contributed by atoms with Crippen molar-refractivity contribution in [1.29, 1.82) is 0 Å². The van der Waals surface area contributed by atoms with E-state index >= 15 is 0 Å². The van der Waals surface area contributed by atoms with Gasteiger partial charge in [-0.25, -0.2) is 8.42 Å². The van der Waals surface area contributed by atoms with Gasteiger partial charge in [-0.05, 0) is 80.4 Å². The minimum Gasteiger partial charge on any atom is -0.322 e. The number of benzene rings is 3. The number of nitrogens with one attached hydrogen (secondary N) is 2. The van der Waals surface area contributed by atoms with Crippen molar-refractivity contribution in [2.45, 2.75) is 25.7 Å². The van der Waals surface area contributed by atoms with Crippen LogP contribution in [0, 0.1) is 20.8 Å². The Balaban J connectivity index is 1.75. The van der Waals surface area contributed by atoms with Gasteiger partial charge in [0.05, 0.1) is 4.90 Å². The molecule has 0 fully saturated rings. The second-order valence-corrected chi connectivity index (χ2v) is 8.51. The molecular formula is C22H22N2O3S. The highest BCUT2D eigenvalue weighted by atomic mass is 32.2. The van der Waals surface area contributed by atoms with E-state index in [0.29, 0.717) is 16.9 Å². The van der Waals surface area contributed by atoms with Gasteiger partial charge in [-0.2, -0.15) is 0 Å². The van der Waals surface area contributed by atoms with E-state index in [4.69, 9.17) is 0 Å². The molecule has 3 aromatic carbocycles. The first kappa shape index (κ1) is 19.6. The quantitative estimate of drug-likeness (QED) is 0.661. The van der Waals surface area contributed by atoms with Gasteiger partial charge in [0.1, 0.15) is 0 Å². The Morgan fingerprint density at radius 3 is 1.86 bits per heavy atom. The number of amides is 1. The summed E-state index contributed by atoms with van der Waals surface area (Å²) in [4.78, 5) is 12.4. The van der Waals surface area contributed by atoms with E-state index in [0.717, 1.165) is 16.7 Å². The molecule has 0 bridgehead atoms. The third-order valence-electron chi connectivity index (χ3n) is 4.21.